The van der Waals surface area contributed by atoms with Crippen LogP contribution in [0.25, 0.3) is 31.3 Å². The molecule has 0 spiro atoms. The fraction of sp³-hybridized carbons (Fsp3) is 0.360. The third-order valence-corrected chi connectivity index (χ3v) is 23.8. The summed E-state index contributed by atoms with van der Waals surface area (Å²) in [6, 6.07) is 59.0. The van der Waals surface area contributed by atoms with Crippen LogP contribution in [0, 0.1) is 0 Å². The summed E-state index contributed by atoms with van der Waals surface area (Å²) in [5.41, 5.74) is 27.6. The molecule has 8 aromatic carbocycles. The molecule has 1 fully saturated rings. The lowest BCUT2D eigenvalue weighted by Gasteiger charge is -2.51. The summed E-state index contributed by atoms with van der Waals surface area (Å²) in [5, 5.41) is 2.66. The molecule has 1 aromatic heterocycles. The molecule has 2 unspecified atom stereocenters. The van der Waals surface area contributed by atoms with E-state index in [2.05, 4.69) is 243 Å². The van der Waals surface area contributed by atoms with Gasteiger partial charge in [0.15, 0.2) is 0 Å². The summed E-state index contributed by atoms with van der Waals surface area (Å²) in [4.78, 5) is 8.43. The lowest BCUT2D eigenvalue weighted by molar-refractivity contribution is 0.195. The Labute approximate surface area is 480 Å². The lowest BCUT2D eigenvalue weighted by Crippen LogP contribution is -2.62. The minimum Gasteiger partial charge on any atom is -0.334 e. The van der Waals surface area contributed by atoms with E-state index < -0.39 is 0 Å². The number of hydrogen-bond acceptors (Lipinski definition) is 4. The number of anilines is 8. The van der Waals surface area contributed by atoms with Crippen LogP contribution in [-0.4, -0.2) is 12.3 Å². The second kappa shape index (κ2) is 15.9. The molecule has 4 aliphatic carbocycles. The van der Waals surface area contributed by atoms with Gasteiger partial charge in [0.1, 0.15) is 0 Å². The van der Waals surface area contributed by atoms with Crippen LogP contribution in [0.2, 0.25) is 0 Å². The van der Waals surface area contributed by atoms with Crippen molar-refractivity contribution in [1.82, 2.24) is 0 Å². The van der Waals surface area contributed by atoms with Crippen LogP contribution < -0.4 is 31.1 Å². The average molecular weight is 1060 g/mol. The molecule has 3 nitrogen and oxygen atoms in total. The van der Waals surface area contributed by atoms with Crippen molar-refractivity contribution in [2.75, 3.05) is 14.7 Å². The smallest absolute Gasteiger partial charge is 0.252 e. The molecule has 400 valence electrons. The fourth-order valence-electron chi connectivity index (χ4n) is 17.7. The first-order valence-electron chi connectivity index (χ1n) is 30.3. The van der Waals surface area contributed by atoms with Crippen LogP contribution in [0.4, 0.5) is 45.5 Å². The van der Waals surface area contributed by atoms with E-state index in [-0.39, 0.29) is 44.7 Å². The van der Waals surface area contributed by atoms with Crippen molar-refractivity contribution in [2.24, 2.45) is 0 Å². The number of benzene rings is 8. The molecule has 0 bridgehead atoms. The molecule has 7 aliphatic rings. The van der Waals surface area contributed by atoms with E-state index in [0.29, 0.717) is 0 Å². The molecule has 2 atom stereocenters. The van der Waals surface area contributed by atoms with E-state index in [1.54, 1.807) is 0 Å². The van der Waals surface area contributed by atoms with Gasteiger partial charge in [0, 0.05) is 70.8 Å². The number of fused-ring (bicyclic) bond motifs is 15. The third-order valence-electron chi connectivity index (χ3n) is 22.7. The van der Waals surface area contributed by atoms with Gasteiger partial charge in [-0.15, -0.1) is 11.3 Å². The summed E-state index contributed by atoms with van der Waals surface area (Å²) in [6.07, 6.45) is 9.49. The zero-order valence-electron chi connectivity index (χ0n) is 49.3. The van der Waals surface area contributed by atoms with Crippen molar-refractivity contribution in [3.63, 3.8) is 0 Å². The highest BCUT2D eigenvalue weighted by molar-refractivity contribution is 7.26. The summed E-state index contributed by atoms with van der Waals surface area (Å²) < 4.78 is 2.66. The van der Waals surface area contributed by atoms with Gasteiger partial charge in [0.25, 0.3) is 6.71 Å². The molecular formula is C75H76BN3S. The van der Waals surface area contributed by atoms with Crippen molar-refractivity contribution in [3.05, 3.63) is 185 Å². The minimum atomic E-state index is -0.178. The maximum absolute atomic E-state index is 2.85. The number of hydrogen-bond donors (Lipinski definition) is 0. The molecule has 0 amide bonds. The molecule has 9 aromatic rings. The molecule has 5 heteroatoms. The largest absolute Gasteiger partial charge is 0.334 e. The van der Waals surface area contributed by atoms with E-state index in [1.165, 1.54) is 171 Å². The van der Waals surface area contributed by atoms with Gasteiger partial charge in [-0.1, -0.05) is 174 Å². The summed E-state index contributed by atoms with van der Waals surface area (Å²) in [6.45, 7) is 30.2. The van der Waals surface area contributed by atoms with Gasteiger partial charge in [-0.05, 0) is 194 Å². The van der Waals surface area contributed by atoms with Crippen LogP contribution in [0.15, 0.2) is 146 Å². The topological polar surface area (TPSA) is 9.72 Å². The van der Waals surface area contributed by atoms with E-state index in [4.69, 9.17) is 0 Å². The molecule has 16 rings (SSSR count). The molecule has 3 aliphatic heterocycles. The van der Waals surface area contributed by atoms with E-state index >= 15 is 0 Å². The van der Waals surface area contributed by atoms with Crippen molar-refractivity contribution in [1.29, 1.82) is 0 Å². The van der Waals surface area contributed by atoms with Gasteiger partial charge in [-0.2, -0.15) is 0 Å². The summed E-state index contributed by atoms with van der Waals surface area (Å²) in [7, 11) is 0. The average Bonchev–Trinajstić information content (AvgIpc) is 4.14. The van der Waals surface area contributed by atoms with E-state index in [1.807, 2.05) is 11.3 Å². The Morgan fingerprint density at radius 2 is 0.963 bits per heavy atom. The van der Waals surface area contributed by atoms with Gasteiger partial charge < -0.3 is 14.7 Å². The van der Waals surface area contributed by atoms with Crippen LogP contribution >= 0.6 is 11.3 Å². The number of para-hydroxylation sites is 1. The zero-order valence-corrected chi connectivity index (χ0v) is 50.2. The Balaban J connectivity index is 1.09. The molecule has 80 heavy (non-hydrogen) atoms. The predicted octanol–water partition coefficient (Wildman–Crippen LogP) is 18.9. The van der Waals surface area contributed by atoms with Gasteiger partial charge in [-0.3, -0.25) is 0 Å². The standard InChI is InChI=1S/C75H76BN3S/c1-69(2)34-35-70(3,4)54-38-45(30-31-51(54)69)77-62-44-56-55(71(5,6)36-37-72(56,7)8)43-58(62)76-57-42-53-49(47-22-13-15-24-50(47)73(53,9)10)41-61(57)78(60-27-21-29-66-67(60)48-23-14-18-28-65(48)80-66)64-40-46(39-63(77)68(64)76)79-59-26-17-16-25-52(59)74(11)32-19-20-33-75(74,79)12/h13-18,21-31,38-44H,19-20,32-37H2,1-12H3. The van der Waals surface area contributed by atoms with Gasteiger partial charge in [-0.25, -0.2) is 0 Å². The van der Waals surface area contributed by atoms with Gasteiger partial charge >= 0.3 is 0 Å². The van der Waals surface area contributed by atoms with Crippen molar-refractivity contribution < 1.29 is 0 Å². The van der Waals surface area contributed by atoms with Gasteiger partial charge in [0.2, 0.25) is 0 Å². The second-order valence-electron chi connectivity index (χ2n) is 29.3. The Morgan fingerprint density at radius 3 is 1.71 bits per heavy atom. The van der Waals surface area contributed by atoms with Crippen LogP contribution in [0.5, 0.6) is 0 Å². The van der Waals surface area contributed by atoms with E-state index in [9.17, 15) is 0 Å². The Bertz CT molecular complexity index is 4210. The maximum atomic E-state index is 2.85. The summed E-state index contributed by atoms with van der Waals surface area (Å²) in [5.74, 6) is 0. The molecular weight excluding hydrogens is 986 g/mol. The van der Waals surface area contributed by atoms with Crippen molar-refractivity contribution in [2.45, 2.75) is 172 Å². The number of nitrogens with zero attached hydrogens (tertiary/aromatic N) is 3. The SMILES string of the molecule is CC1(C)CCC(C)(C)c2cc(N3c4cc5c(cc4B4c6cc7c(cc6N(c6cccc8sc9ccccc9c68)c6cc(N8c9ccccc9C9(C)CCCCC89C)cc3c64)-c3ccccc3C7(C)C)C(C)(C)CCC5(C)C)ccc21. The monoisotopic (exact) mass is 1060 g/mol. The Hall–Kier alpha value is -6.56. The quantitative estimate of drug-likeness (QED) is 0.163. The zero-order chi connectivity index (χ0) is 55.0. The minimum absolute atomic E-state index is 0.00759. The van der Waals surface area contributed by atoms with Gasteiger partial charge in [0.05, 0.1) is 11.2 Å². The van der Waals surface area contributed by atoms with E-state index in [0.717, 1.165) is 12.8 Å². The summed E-state index contributed by atoms with van der Waals surface area (Å²) >= 11 is 1.93. The van der Waals surface area contributed by atoms with Crippen LogP contribution in [0.3, 0.4) is 0 Å². The van der Waals surface area contributed by atoms with Crippen molar-refractivity contribution in [3.8, 4) is 11.1 Å². The maximum Gasteiger partial charge on any atom is 0.252 e. The fourth-order valence-corrected chi connectivity index (χ4v) is 18.8. The molecule has 0 N–H and O–H groups in total. The lowest BCUT2D eigenvalue weighted by atomic mass is 9.33. The predicted molar refractivity (Wildman–Crippen MR) is 344 cm³/mol. The normalized spacial score (nSPS) is 23.4. The molecule has 0 radical (unpaired) electrons. The van der Waals surface area contributed by atoms with Crippen molar-refractivity contribution >= 4 is 100 Å². The molecule has 0 saturated heterocycles. The Morgan fingerprint density at radius 1 is 0.388 bits per heavy atom. The highest BCUT2D eigenvalue weighted by atomic mass is 32.1. The molecule has 1 saturated carbocycles. The Kier molecular flexibility index (Phi) is 9.80. The van der Waals surface area contributed by atoms with Crippen LogP contribution in [-0.2, 0) is 32.5 Å². The third kappa shape index (κ3) is 6.29. The number of thiophene rings is 1. The first kappa shape index (κ1) is 49.3. The highest BCUT2D eigenvalue weighted by Gasteiger charge is 2.58. The highest BCUT2D eigenvalue weighted by Crippen LogP contribution is 2.63. The number of rotatable bonds is 3. The first-order valence-corrected chi connectivity index (χ1v) is 31.2. The van der Waals surface area contributed by atoms with Crippen LogP contribution in [0.1, 0.15) is 173 Å². The second-order valence-corrected chi connectivity index (χ2v) is 30.3. The first-order chi connectivity index (χ1) is 38.1. The molecule has 4 heterocycles.